The summed E-state index contributed by atoms with van der Waals surface area (Å²) in [5, 5.41) is 17.5. The van der Waals surface area contributed by atoms with E-state index in [0.717, 1.165) is 44.9 Å². The molecule has 0 radical (unpaired) electrons. The highest BCUT2D eigenvalue weighted by Crippen LogP contribution is 2.23. The molecular weight excluding hydrogens is 412 g/mol. The maximum Gasteiger partial charge on any atom is 0.303 e. The second-order valence-electron chi connectivity index (χ2n) is 9.54. The maximum absolute atomic E-state index is 10.6. The van der Waals surface area contributed by atoms with Crippen molar-refractivity contribution in [3.8, 4) is 0 Å². The minimum atomic E-state index is -0.681. The predicted octanol–water partition coefficient (Wildman–Crippen LogP) is 8.13. The van der Waals surface area contributed by atoms with Gasteiger partial charge in [-0.25, -0.2) is 0 Å². The van der Waals surface area contributed by atoms with E-state index in [-0.39, 0.29) is 0 Å². The SMILES string of the molecule is CCCCCc1cccc(CCCCCCCCC(=O)O)c1CCCCCCCCC(=O)O. The lowest BCUT2D eigenvalue weighted by molar-refractivity contribution is -0.138. The molecule has 33 heavy (non-hydrogen) atoms. The van der Waals surface area contributed by atoms with Gasteiger partial charge in [0.25, 0.3) is 0 Å². The van der Waals surface area contributed by atoms with Crippen LogP contribution in [0.25, 0.3) is 0 Å². The second kappa shape index (κ2) is 19.6. The zero-order valence-corrected chi connectivity index (χ0v) is 21.1. The molecule has 0 heterocycles. The number of aryl methyl sites for hydroxylation is 2. The molecule has 4 nitrogen and oxygen atoms in total. The molecule has 0 aliphatic heterocycles. The Morgan fingerprint density at radius 3 is 1.42 bits per heavy atom. The molecule has 1 aromatic carbocycles. The van der Waals surface area contributed by atoms with Crippen LogP contribution in [0.15, 0.2) is 18.2 Å². The van der Waals surface area contributed by atoms with Gasteiger partial charge in [-0.15, -0.1) is 0 Å². The lowest BCUT2D eigenvalue weighted by atomic mass is 9.90. The number of carboxylic acid groups (broad SMARTS) is 2. The van der Waals surface area contributed by atoms with E-state index in [1.807, 2.05) is 0 Å². The smallest absolute Gasteiger partial charge is 0.303 e. The predicted molar refractivity (Wildman–Crippen MR) is 137 cm³/mol. The van der Waals surface area contributed by atoms with E-state index in [0.29, 0.717) is 12.8 Å². The van der Waals surface area contributed by atoms with Crippen molar-refractivity contribution in [3.63, 3.8) is 0 Å². The zero-order chi connectivity index (χ0) is 24.2. The van der Waals surface area contributed by atoms with Gasteiger partial charge >= 0.3 is 11.9 Å². The Balaban J connectivity index is 2.44. The van der Waals surface area contributed by atoms with Gasteiger partial charge in [0.2, 0.25) is 0 Å². The fraction of sp³-hybridized carbons (Fsp3) is 0.724. The van der Waals surface area contributed by atoms with E-state index < -0.39 is 11.9 Å². The van der Waals surface area contributed by atoms with E-state index in [1.54, 1.807) is 11.1 Å². The van der Waals surface area contributed by atoms with Gasteiger partial charge in [0.05, 0.1) is 0 Å². The minimum absolute atomic E-state index is 0.302. The number of rotatable bonds is 22. The summed E-state index contributed by atoms with van der Waals surface area (Å²) in [6, 6.07) is 6.91. The average Bonchev–Trinajstić information content (AvgIpc) is 2.78. The van der Waals surface area contributed by atoms with Gasteiger partial charge in [-0.05, 0) is 68.1 Å². The molecule has 0 amide bonds. The third-order valence-electron chi connectivity index (χ3n) is 6.57. The summed E-state index contributed by atoms with van der Waals surface area (Å²) in [6.07, 6.45) is 21.2. The molecule has 1 aromatic rings. The lowest BCUT2D eigenvalue weighted by Gasteiger charge is -2.15. The number of aliphatic carboxylic acids is 2. The number of carbonyl (C=O) groups is 2. The van der Waals surface area contributed by atoms with Crippen LogP contribution in [0.3, 0.4) is 0 Å². The topological polar surface area (TPSA) is 74.6 Å². The minimum Gasteiger partial charge on any atom is -0.481 e. The number of carboxylic acids is 2. The first kappa shape index (κ1) is 29.2. The summed E-state index contributed by atoms with van der Waals surface area (Å²) in [5.74, 6) is -1.36. The van der Waals surface area contributed by atoms with Gasteiger partial charge in [0.15, 0.2) is 0 Å². The molecule has 188 valence electrons. The molecule has 4 heteroatoms. The van der Waals surface area contributed by atoms with Gasteiger partial charge < -0.3 is 10.2 Å². The molecule has 0 bridgehead atoms. The monoisotopic (exact) mass is 460 g/mol. The van der Waals surface area contributed by atoms with Crippen LogP contribution < -0.4 is 0 Å². The average molecular weight is 461 g/mol. The number of hydrogen-bond acceptors (Lipinski definition) is 2. The first-order valence-corrected chi connectivity index (χ1v) is 13.6. The molecule has 2 N–H and O–H groups in total. The van der Waals surface area contributed by atoms with Gasteiger partial charge in [-0.2, -0.15) is 0 Å². The Kier molecular flexibility index (Phi) is 17.4. The van der Waals surface area contributed by atoms with E-state index in [4.69, 9.17) is 10.2 Å². The van der Waals surface area contributed by atoms with Gasteiger partial charge in [-0.1, -0.05) is 89.3 Å². The molecule has 0 spiro atoms. The highest BCUT2D eigenvalue weighted by molar-refractivity contribution is 5.66. The summed E-state index contributed by atoms with van der Waals surface area (Å²) in [6.45, 7) is 2.26. The Labute approximate surface area is 202 Å². The van der Waals surface area contributed by atoms with Crippen LogP contribution in [0.5, 0.6) is 0 Å². The summed E-state index contributed by atoms with van der Waals surface area (Å²) in [4.78, 5) is 21.2. The third kappa shape index (κ3) is 15.6. The van der Waals surface area contributed by atoms with Crippen molar-refractivity contribution in [2.75, 3.05) is 0 Å². The Bertz CT molecular complexity index is 653. The molecule has 0 aliphatic rings. The van der Waals surface area contributed by atoms with E-state index in [9.17, 15) is 9.59 Å². The standard InChI is InChI=1S/C29H48O4/c1-2-3-12-18-25-20-17-21-26(19-13-8-4-6-10-15-23-28(30)31)27(25)22-14-9-5-7-11-16-24-29(32)33/h17,20-21H,2-16,18-19,22-24H2,1H3,(H,30,31)(H,32,33). The van der Waals surface area contributed by atoms with E-state index >= 15 is 0 Å². The number of unbranched alkanes of at least 4 members (excludes halogenated alkanes) is 12. The van der Waals surface area contributed by atoms with Crippen LogP contribution in [0.4, 0.5) is 0 Å². The van der Waals surface area contributed by atoms with Crippen molar-refractivity contribution in [1.29, 1.82) is 0 Å². The van der Waals surface area contributed by atoms with Gasteiger partial charge in [-0.3, -0.25) is 9.59 Å². The van der Waals surface area contributed by atoms with Gasteiger partial charge in [0, 0.05) is 12.8 Å². The normalized spacial score (nSPS) is 11.1. The highest BCUT2D eigenvalue weighted by atomic mass is 16.4. The first-order valence-electron chi connectivity index (χ1n) is 13.6. The molecule has 0 aromatic heterocycles. The van der Waals surface area contributed by atoms with Crippen LogP contribution in [0.1, 0.15) is 133 Å². The molecular formula is C29H48O4. The zero-order valence-electron chi connectivity index (χ0n) is 21.1. The van der Waals surface area contributed by atoms with Crippen molar-refractivity contribution in [2.24, 2.45) is 0 Å². The summed E-state index contributed by atoms with van der Waals surface area (Å²) in [5.41, 5.74) is 4.69. The summed E-state index contributed by atoms with van der Waals surface area (Å²) < 4.78 is 0. The largest absolute Gasteiger partial charge is 0.481 e. The quantitative estimate of drug-likeness (QED) is 0.171. The van der Waals surface area contributed by atoms with Crippen LogP contribution in [0.2, 0.25) is 0 Å². The fourth-order valence-corrected chi connectivity index (χ4v) is 4.63. The molecule has 0 atom stereocenters. The molecule has 0 aliphatic carbocycles. The van der Waals surface area contributed by atoms with Crippen LogP contribution in [0, 0.1) is 0 Å². The van der Waals surface area contributed by atoms with E-state index in [2.05, 4.69) is 25.1 Å². The fourth-order valence-electron chi connectivity index (χ4n) is 4.63. The van der Waals surface area contributed by atoms with Crippen LogP contribution in [-0.4, -0.2) is 22.2 Å². The first-order chi connectivity index (χ1) is 16.0. The Hall–Kier alpha value is -1.84. The summed E-state index contributed by atoms with van der Waals surface area (Å²) >= 11 is 0. The van der Waals surface area contributed by atoms with Crippen molar-refractivity contribution < 1.29 is 19.8 Å². The molecule has 0 saturated heterocycles. The number of benzene rings is 1. The lowest BCUT2D eigenvalue weighted by Crippen LogP contribution is -2.02. The molecule has 0 saturated carbocycles. The van der Waals surface area contributed by atoms with Gasteiger partial charge in [0.1, 0.15) is 0 Å². The van der Waals surface area contributed by atoms with Crippen molar-refractivity contribution in [1.82, 2.24) is 0 Å². The van der Waals surface area contributed by atoms with Crippen molar-refractivity contribution >= 4 is 11.9 Å². The van der Waals surface area contributed by atoms with Crippen molar-refractivity contribution in [3.05, 3.63) is 34.9 Å². The molecule has 0 fully saturated rings. The maximum atomic E-state index is 10.6. The van der Waals surface area contributed by atoms with Crippen LogP contribution in [-0.2, 0) is 28.9 Å². The van der Waals surface area contributed by atoms with Crippen LogP contribution >= 0.6 is 0 Å². The second-order valence-corrected chi connectivity index (χ2v) is 9.54. The molecule has 1 rings (SSSR count). The Morgan fingerprint density at radius 1 is 0.576 bits per heavy atom. The number of hydrogen-bond donors (Lipinski definition) is 2. The highest BCUT2D eigenvalue weighted by Gasteiger charge is 2.09. The molecule has 0 unspecified atom stereocenters. The third-order valence-corrected chi connectivity index (χ3v) is 6.57. The Morgan fingerprint density at radius 2 is 0.970 bits per heavy atom. The summed E-state index contributed by atoms with van der Waals surface area (Å²) in [7, 11) is 0. The van der Waals surface area contributed by atoms with Crippen molar-refractivity contribution in [2.45, 2.75) is 135 Å². The van der Waals surface area contributed by atoms with E-state index in [1.165, 1.54) is 76.2 Å².